The topological polar surface area (TPSA) is 220 Å². The molecule has 2 aliphatic heterocycles. The van der Waals surface area contributed by atoms with Crippen LogP contribution in [0.2, 0.25) is 5.02 Å². The molecule has 2 aliphatic rings. The van der Waals surface area contributed by atoms with E-state index in [2.05, 4.69) is 26.6 Å². The van der Waals surface area contributed by atoms with Gasteiger partial charge in [0, 0.05) is 31.8 Å². The Morgan fingerprint density at radius 1 is 0.951 bits per heavy atom. The van der Waals surface area contributed by atoms with E-state index in [4.69, 9.17) is 31.5 Å². The summed E-state index contributed by atoms with van der Waals surface area (Å²) in [6.07, 6.45) is 2.10. The number of carbonyl (C=O) groups is 6. The average Bonchev–Trinajstić information content (AvgIpc) is 4.01. The first-order valence-electron chi connectivity index (χ1n) is 20.9. The number of esters is 1. The average molecular weight is 867 g/mol. The van der Waals surface area contributed by atoms with Crippen LogP contribution in [0.5, 0.6) is 5.75 Å². The van der Waals surface area contributed by atoms with Gasteiger partial charge in [-0.25, -0.2) is 4.79 Å². The van der Waals surface area contributed by atoms with Gasteiger partial charge in [-0.2, -0.15) is 0 Å². The fourth-order valence-corrected chi connectivity index (χ4v) is 7.09. The summed E-state index contributed by atoms with van der Waals surface area (Å²) in [5, 5.41) is 14.3. The van der Waals surface area contributed by atoms with Crippen molar-refractivity contribution in [1.29, 1.82) is 0 Å². The van der Waals surface area contributed by atoms with Crippen LogP contribution in [0.15, 0.2) is 54.6 Å². The molecule has 0 aromatic heterocycles. The molecule has 2 aromatic rings. The summed E-state index contributed by atoms with van der Waals surface area (Å²) in [6.45, 7) is 14.5. The summed E-state index contributed by atoms with van der Waals surface area (Å²) in [5.41, 5.74) is 7.17. The normalized spacial score (nSPS) is 24.3. The molecule has 2 unspecified atom stereocenters. The number of rotatable bonds is 14. The van der Waals surface area contributed by atoms with Gasteiger partial charge in [-0.3, -0.25) is 24.0 Å². The number of nitrogens with one attached hydrogen (secondary N) is 5. The number of hydrogen-bond acceptors (Lipinski definition) is 10. The van der Waals surface area contributed by atoms with Gasteiger partial charge in [-0.1, -0.05) is 82.6 Å². The number of methoxy groups -OCH3 is 1. The standard InChI is InChI=1S/C45H63ClN6O9/c1-24(2)19-33-43(57)60-34(26(5)38-39(61-38)30-16-13-28(14-17-30)22-48-40(54)27(6)50-42(56)37(47)25(3)4)11-10-12-36(53)51-32(21-29-15-18-35(59-9)31(46)20-29)41(55)49-23-45(7,8)44(58)52-33/h10,12-18,20,24-27,32-34,37-39H,11,19,21-23,47H2,1-9H3,(H,48,54)(H,49,55)(H,50,56)(H,51,53)(H,52,58)/b12-10+/t26-,27?,32+,33-,34-,37?,38+,39+/m0/s1. The van der Waals surface area contributed by atoms with Gasteiger partial charge in [-0.15, -0.1) is 0 Å². The largest absolute Gasteiger partial charge is 0.495 e. The summed E-state index contributed by atoms with van der Waals surface area (Å²) in [7, 11) is 1.50. The molecule has 61 heavy (non-hydrogen) atoms. The van der Waals surface area contributed by atoms with Crippen LogP contribution >= 0.6 is 11.6 Å². The molecule has 0 radical (unpaired) electrons. The van der Waals surface area contributed by atoms with Crippen LogP contribution in [0.3, 0.4) is 0 Å². The molecule has 8 atom stereocenters. The zero-order valence-electron chi connectivity index (χ0n) is 36.6. The second kappa shape index (κ2) is 21.7. The first kappa shape index (κ1) is 48.7. The Balaban J connectivity index is 1.49. The molecule has 5 amide bonds. The lowest BCUT2D eigenvalue weighted by atomic mass is 9.90. The number of epoxide rings is 1. The number of nitrogens with two attached hydrogens (primary N) is 1. The Morgan fingerprint density at radius 3 is 2.25 bits per heavy atom. The molecule has 16 heteroatoms. The van der Waals surface area contributed by atoms with E-state index in [-0.39, 0.29) is 67.7 Å². The Hall–Kier alpha value is -4.99. The molecule has 2 aromatic carbocycles. The maximum atomic E-state index is 13.9. The number of hydrogen-bond donors (Lipinski definition) is 6. The van der Waals surface area contributed by atoms with Gasteiger partial charge in [0.15, 0.2) is 0 Å². The second-order valence-electron chi connectivity index (χ2n) is 17.4. The molecule has 4 rings (SSSR count). The van der Waals surface area contributed by atoms with Gasteiger partial charge in [0.25, 0.3) is 0 Å². The van der Waals surface area contributed by atoms with E-state index in [1.54, 1.807) is 45.0 Å². The third-order valence-corrected chi connectivity index (χ3v) is 11.3. The molecule has 0 aliphatic carbocycles. The highest BCUT2D eigenvalue weighted by molar-refractivity contribution is 6.32. The SMILES string of the molecule is COc1ccc(C[C@H]2NC(=O)/C=C/C[C@@H]([C@H](C)[C@H]3O[C@@H]3c3ccc(CNC(=O)C(C)NC(=O)C(N)C(C)C)cc3)OC(=O)[C@H](CC(C)C)NC(=O)C(C)(C)CNC2=O)cc1Cl. The minimum absolute atomic E-state index is 0.0308. The van der Waals surface area contributed by atoms with Crippen molar-refractivity contribution in [3.8, 4) is 5.75 Å². The Labute approximate surface area is 364 Å². The predicted octanol–water partition coefficient (Wildman–Crippen LogP) is 3.80. The van der Waals surface area contributed by atoms with Crippen molar-refractivity contribution in [3.05, 3.63) is 76.3 Å². The van der Waals surface area contributed by atoms with Gasteiger partial charge in [0.2, 0.25) is 29.5 Å². The molecular weight excluding hydrogens is 804 g/mol. The van der Waals surface area contributed by atoms with Gasteiger partial charge in [0.05, 0.1) is 29.7 Å². The fraction of sp³-hybridized carbons (Fsp3) is 0.556. The number of amides is 5. The highest BCUT2D eigenvalue weighted by Gasteiger charge is 2.48. The molecule has 7 N–H and O–H groups in total. The van der Waals surface area contributed by atoms with Crippen LogP contribution in [0, 0.1) is 23.2 Å². The molecule has 2 heterocycles. The summed E-state index contributed by atoms with van der Waals surface area (Å²) < 4.78 is 17.6. The number of ether oxygens (including phenoxy) is 3. The molecular formula is C45H63ClN6O9. The summed E-state index contributed by atoms with van der Waals surface area (Å²) in [6, 6.07) is 9.22. The molecule has 0 spiro atoms. The van der Waals surface area contributed by atoms with E-state index in [1.807, 2.05) is 58.9 Å². The lowest BCUT2D eigenvalue weighted by molar-refractivity contribution is -0.157. The summed E-state index contributed by atoms with van der Waals surface area (Å²) in [4.78, 5) is 79.5. The van der Waals surface area contributed by atoms with Crippen molar-refractivity contribution in [2.45, 2.75) is 124 Å². The number of benzene rings is 2. The minimum atomic E-state index is -1.14. The third kappa shape index (κ3) is 14.0. The first-order valence-corrected chi connectivity index (χ1v) is 21.2. The quantitative estimate of drug-likeness (QED) is 0.119. The highest BCUT2D eigenvalue weighted by Crippen LogP contribution is 2.45. The maximum Gasteiger partial charge on any atom is 0.328 e. The van der Waals surface area contributed by atoms with Gasteiger partial charge < -0.3 is 46.5 Å². The Morgan fingerprint density at radius 2 is 1.62 bits per heavy atom. The van der Waals surface area contributed by atoms with Crippen LogP contribution in [0.25, 0.3) is 0 Å². The second-order valence-corrected chi connectivity index (χ2v) is 17.9. The van der Waals surface area contributed by atoms with Crippen molar-refractivity contribution in [2.24, 2.45) is 28.9 Å². The Kier molecular flexibility index (Phi) is 17.3. The number of halogens is 1. The smallest absolute Gasteiger partial charge is 0.328 e. The van der Waals surface area contributed by atoms with Crippen molar-refractivity contribution < 1.29 is 43.0 Å². The monoisotopic (exact) mass is 866 g/mol. The van der Waals surface area contributed by atoms with E-state index in [0.29, 0.717) is 22.8 Å². The zero-order chi connectivity index (χ0) is 45.2. The van der Waals surface area contributed by atoms with Crippen molar-refractivity contribution in [1.82, 2.24) is 26.6 Å². The summed E-state index contributed by atoms with van der Waals surface area (Å²) in [5.74, 6) is -2.73. The van der Waals surface area contributed by atoms with Crippen LogP contribution in [-0.2, 0) is 51.2 Å². The zero-order valence-corrected chi connectivity index (χ0v) is 37.4. The molecule has 1 fully saturated rings. The maximum absolute atomic E-state index is 13.9. The van der Waals surface area contributed by atoms with Crippen molar-refractivity contribution >= 4 is 47.1 Å². The van der Waals surface area contributed by atoms with Crippen LogP contribution in [0.4, 0.5) is 0 Å². The molecule has 15 nitrogen and oxygen atoms in total. The van der Waals surface area contributed by atoms with Crippen LogP contribution in [0.1, 0.15) is 91.0 Å². The molecule has 334 valence electrons. The predicted molar refractivity (Wildman–Crippen MR) is 231 cm³/mol. The van der Waals surface area contributed by atoms with Gasteiger partial charge in [-0.05, 0) is 73.9 Å². The molecule has 0 bridgehead atoms. The van der Waals surface area contributed by atoms with E-state index in [0.717, 1.165) is 11.1 Å². The van der Waals surface area contributed by atoms with E-state index in [9.17, 15) is 28.8 Å². The lowest BCUT2D eigenvalue weighted by Crippen LogP contribution is -2.54. The summed E-state index contributed by atoms with van der Waals surface area (Å²) >= 11 is 6.36. The van der Waals surface area contributed by atoms with E-state index >= 15 is 0 Å². The van der Waals surface area contributed by atoms with E-state index in [1.165, 1.54) is 13.2 Å². The van der Waals surface area contributed by atoms with Gasteiger partial charge in [0.1, 0.15) is 36.1 Å². The van der Waals surface area contributed by atoms with Crippen molar-refractivity contribution in [2.75, 3.05) is 13.7 Å². The number of cyclic esters (lactones) is 1. The van der Waals surface area contributed by atoms with Crippen molar-refractivity contribution in [3.63, 3.8) is 0 Å². The van der Waals surface area contributed by atoms with Crippen LogP contribution in [-0.4, -0.2) is 85.5 Å². The molecule has 0 saturated carbocycles. The fourth-order valence-electron chi connectivity index (χ4n) is 6.81. The third-order valence-electron chi connectivity index (χ3n) is 11.0. The first-order chi connectivity index (χ1) is 28.7. The number of carbonyl (C=O) groups excluding carboxylic acids is 6. The van der Waals surface area contributed by atoms with Crippen LogP contribution < -0.4 is 37.1 Å². The van der Waals surface area contributed by atoms with Gasteiger partial charge >= 0.3 is 5.97 Å². The minimum Gasteiger partial charge on any atom is -0.495 e. The Bertz CT molecular complexity index is 1920. The van der Waals surface area contributed by atoms with E-state index < -0.39 is 59.4 Å². The molecule has 1 saturated heterocycles. The highest BCUT2D eigenvalue weighted by atomic mass is 35.5. The lowest BCUT2D eigenvalue weighted by Gasteiger charge is -2.30.